The van der Waals surface area contributed by atoms with Gasteiger partial charge in [0.05, 0.1) is 17.8 Å². The number of fused-ring (bicyclic) bond motifs is 2. The Morgan fingerprint density at radius 1 is 1.20 bits per heavy atom. The first-order valence-electron chi connectivity index (χ1n) is 10.3. The molecule has 0 spiro atoms. The first-order chi connectivity index (χ1) is 14.5. The normalized spacial score (nSPS) is 16.9. The Bertz CT molecular complexity index is 1170. The molecule has 2 aromatic carbocycles. The molecule has 0 radical (unpaired) electrons. The SMILES string of the molecule is C=CC(=O)N1CC(N2Cc3ccc(-c4c(C)ccc5[nH]ncc45)cc3CCC2=O)C1. The van der Waals surface area contributed by atoms with Crippen molar-refractivity contribution in [1.82, 2.24) is 20.0 Å². The van der Waals surface area contributed by atoms with Gasteiger partial charge in [0.15, 0.2) is 0 Å². The van der Waals surface area contributed by atoms with E-state index in [0.29, 0.717) is 26.1 Å². The summed E-state index contributed by atoms with van der Waals surface area (Å²) in [7, 11) is 0. The lowest BCUT2D eigenvalue weighted by molar-refractivity contribution is -0.144. The van der Waals surface area contributed by atoms with Gasteiger partial charge in [0.1, 0.15) is 0 Å². The zero-order valence-corrected chi connectivity index (χ0v) is 17.0. The lowest BCUT2D eigenvalue weighted by Crippen LogP contribution is -2.61. The van der Waals surface area contributed by atoms with Crippen molar-refractivity contribution in [2.24, 2.45) is 0 Å². The highest BCUT2D eigenvalue weighted by molar-refractivity contribution is 5.96. The molecule has 3 aromatic rings. The van der Waals surface area contributed by atoms with Gasteiger partial charge in [-0.15, -0.1) is 0 Å². The second-order valence-corrected chi connectivity index (χ2v) is 8.19. The number of hydrogen-bond acceptors (Lipinski definition) is 3. The molecule has 2 amide bonds. The number of aromatic amines is 1. The van der Waals surface area contributed by atoms with E-state index in [2.05, 4.69) is 54.0 Å². The van der Waals surface area contributed by atoms with Crippen LogP contribution in [0.1, 0.15) is 23.1 Å². The molecular weight excluding hydrogens is 376 g/mol. The first kappa shape index (κ1) is 18.6. The van der Waals surface area contributed by atoms with Gasteiger partial charge < -0.3 is 9.80 Å². The van der Waals surface area contributed by atoms with Crippen molar-refractivity contribution in [2.45, 2.75) is 32.4 Å². The van der Waals surface area contributed by atoms with Crippen molar-refractivity contribution in [1.29, 1.82) is 0 Å². The molecule has 0 bridgehead atoms. The van der Waals surface area contributed by atoms with Crippen molar-refractivity contribution in [3.8, 4) is 11.1 Å². The maximum absolute atomic E-state index is 12.8. The molecule has 0 aliphatic carbocycles. The fourth-order valence-electron chi connectivity index (χ4n) is 4.63. The molecule has 2 aliphatic rings. The third kappa shape index (κ3) is 3.00. The Kier molecular flexibility index (Phi) is 4.42. The maximum atomic E-state index is 12.8. The number of nitrogens with zero attached hydrogens (tertiary/aromatic N) is 3. The van der Waals surface area contributed by atoms with Gasteiger partial charge in [-0.1, -0.05) is 30.8 Å². The van der Waals surface area contributed by atoms with Gasteiger partial charge in [-0.05, 0) is 53.3 Å². The first-order valence-corrected chi connectivity index (χ1v) is 10.3. The van der Waals surface area contributed by atoms with Crippen LogP contribution in [0.5, 0.6) is 0 Å². The van der Waals surface area contributed by atoms with Gasteiger partial charge in [-0.2, -0.15) is 5.10 Å². The zero-order valence-electron chi connectivity index (χ0n) is 17.0. The molecule has 0 unspecified atom stereocenters. The van der Waals surface area contributed by atoms with Gasteiger partial charge in [0, 0.05) is 31.4 Å². The van der Waals surface area contributed by atoms with Crippen LogP contribution in [0.25, 0.3) is 22.0 Å². The Hall–Kier alpha value is -3.41. The Labute approximate surface area is 175 Å². The van der Waals surface area contributed by atoms with Crippen LogP contribution in [0.4, 0.5) is 0 Å². The molecule has 30 heavy (non-hydrogen) atoms. The molecule has 152 valence electrons. The van der Waals surface area contributed by atoms with E-state index in [1.54, 1.807) is 4.90 Å². The van der Waals surface area contributed by atoms with Crippen LogP contribution in [-0.4, -0.2) is 50.9 Å². The molecule has 2 aliphatic heterocycles. The molecule has 3 heterocycles. The Morgan fingerprint density at radius 3 is 2.83 bits per heavy atom. The van der Waals surface area contributed by atoms with Crippen LogP contribution in [0.3, 0.4) is 0 Å². The van der Waals surface area contributed by atoms with E-state index in [1.807, 2.05) is 11.1 Å². The number of aromatic nitrogens is 2. The van der Waals surface area contributed by atoms with Crippen molar-refractivity contribution >= 4 is 22.7 Å². The van der Waals surface area contributed by atoms with Crippen LogP contribution in [0.15, 0.2) is 49.2 Å². The van der Waals surface area contributed by atoms with E-state index in [0.717, 1.165) is 22.9 Å². The van der Waals surface area contributed by atoms with Crippen molar-refractivity contribution < 1.29 is 9.59 Å². The summed E-state index contributed by atoms with van der Waals surface area (Å²) in [5.41, 5.74) is 6.99. The molecule has 0 saturated carbocycles. The van der Waals surface area contributed by atoms with Crippen LogP contribution in [-0.2, 0) is 22.6 Å². The maximum Gasteiger partial charge on any atom is 0.246 e. The Balaban J connectivity index is 1.44. The van der Waals surface area contributed by atoms with Crippen LogP contribution >= 0.6 is 0 Å². The molecule has 1 saturated heterocycles. The summed E-state index contributed by atoms with van der Waals surface area (Å²) in [6, 6.07) is 10.8. The summed E-state index contributed by atoms with van der Waals surface area (Å²) in [4.78, 5) is 28.2. The van der Waals surface area contributed by atoms with Crippen molar-refractivity contribution in [3.63, 3.8) is 0 Å². The molecule has 1 aromatic heterocycles. The largest absolute Gasteiger partial charge is 0.335 e. The van der Waals surface area contributed by atoms with Crippen LogP contribution in [0.2, 0.25) is 0 Å². The lowest BCUT2D eigenvalue weighted by Gasteiger charge is -2.44. The number of hydrogen-bond donors (Lipinski definition) is 1. The molecule has 6 nitrogen and oxygen atoms in total. The fourth-order valence-corrected chi connectivity index (χ4v) is 4.63. The average Bonchev–Trinajstić information content (AvgIpc) is 3.12. The van der Waals surface area contributed by atoms with E-state index in [1.165, 1.54) is 28.3 Å². The number of amides is 2. The van der Waals surface area contributed by atoms with E-state index in [4.69, 9.17) is 0 Å². The topological polar surface area (TPSA) is 69.3 Å². The third-order valence-corrected chi connectivity index (χ3v) is 6.39. The van der Waals surface area contributed by atoms with Crippen LogP contribution in [0, 0.1) is 6.92 Å². The number of likely N-dealkylation sites (tertiary alicyclic amines) is 1. The molecule has 0 atom stereocenters. The molecule has 1 N–H and O–H groups in total. The highest BCUT2D eigenvalue weighted by Gasteiger charge is 2.37. The summed E-state index contributed by atoms with van der Waals surface area (Å²) in [5.74, 6) is 0.0962. The summed E-state index contributed by atoms with van der Waals surface area (Å²) in [6.07, 6.45) is 4.44. The van der Waals surface area contributed by atoms with Gasteiger partial charge in [-0.25, -0.2) is 0 Å². The predicted molar refractivity (Wildman–Crippen MR) is 116 cm³/mol. The molecule has 6 heteroatoms. The van der Waals surface area contributed by atoms with E-state index in [9.17, 15) is 9.59 Å². The highest BCUT2D eigenvalue weighted by Crippen LogP contribution is 2.34. The number of carbonyl (C=O) groups is 2. The van der Waals surface area contributed by atoms with Gasteiger partial charge in [0.2, 0.25) is 11.8 Å². The number of nitrogens with one attached hydrogen (secondary N) is 1. The second-order valence-electron chi connectivity index (χ2n) is 8.19. The number of benzene rings is 2. The molecular formula is C24H24N4O2. The molecule has 5 rings (SSSR count). The number of carbonyl (C=O) groups excluding carboxylic acids is 2. The Morgan fingerprint density at radius 2 is 2.03 bits per heavy atom. The number of aryl methyl sites for hydroxylation is 2. The van der Waals surface area contributed by atoms with Gasteiger partial charge in [0.25, 0.3) is 0 Å². The fraction of sp³-hybridized carbons (Fsp3) is 0.292. The average molecular weight is 400 g/mol. The minimum absolute atomic E-state index is 0.0673. The lowest BCUT2D eigenvalue weighted by atomic mass is 9.93. The molecule has 1 fully saturated rings. The minimum Gasteiger partial charge on any atom is -0.335 e. The summed E-state index contributed by atoms with van der Waals surface area (Å²) in [5, 5.41) is 8.36. The van der Waals surface area contributed by atoms with Gasteiger partial charge >= 0.3 is 0 Å². The minimum atomic E-state index is -0.0673. The van der Waals surface area contributed by atoms with E-state index >= 15 is 0 Å². The van der Waals surface area contributed by atoms with E-state index in [-0.39, 0.29) is 17.9 Å². The zero-order chi connectivity index (χ0) is 20.8. The quantitative estimate of drug-likeness (QED) is 0.687. The number of H-pyrrole nitrogens is 1. The monoisotopic (exact) mass is 400 g/mol. The number of rotatable bonds is 3. The highest BCUT2D eigenvalue weighted by atomic mass is 16.2. The van der Waals surface area contributed by atoms with E-state index < -0.39 is 0 Å². The predicted octanol–water partition coefficient (Wildman–Crippen LogP) is 3.21. The summed E-state index contributed by atoms with van der Waals surface area (Å²) < 4.78 is 0. The second kappa shape index (κ2) is 7.13. The third-order valence-electron chi connectivity index (χ3n) is 6.39. The standard InChI is InChI=1S/C24H24N4O2/c1-3-22(29)27-13-19(14-27)28-12-18-6-5-17(10-16(18)7-9-23(28)30)24-15(2)4-8-21-20(24)11-25-26-21/h3-6,8,10-11,19H,1,7,9,12-14H2,2H3,(H,25,26). The smallest absolute Gasteiger partial charge is 0.246 e. The van der Waals surface area contributed by atoms with Crippen molar-refractivity contribution in [3.05, 3.63) is 65.9 Å². The van der Waals surface area contributed by atoms with Crippen molar-refractivity contribution in [2.75, 3.05) is 13.1 Å². The summed E-state index contributed by atoms with van der Waals surface area (Å²) in [6.45, 7) is 7.43. The van der Waals surface area contributed by atoms with Gasteiger partial charge in [-0.3, -0.25) is 14.7 Å². The van der Waals surface area contributed by atoms with Crippen LogP contribution < -0.4 is 0 Å². The summed E-state index contributed by atoms with van der Waals surface area (Å²) >= 11 is 0.